The Bertz CT molecular complexity index is 216. The Morgan fingerprint density at radius 2 is 1.60 bits per heavy atom. The molecule has 1 nitrogen and oxygen atoms in total. The maximum Gasteiger partial charge on any atom is 0.131 e. The molecule has 0 aliphatic heterocycles. The number of halogens is 1. The van der Waals surface area contributed by atoms with Gasteiger partial charge in [0.15, 0.2) is 0 Å². The fourth-order valence-electron chi connectivity index (χ4n) is 4.96. The van der Waals surface area contributed by atoms with Gasteiger partial charge in [0.05, 0.1) is 0 Å². The molecule has 2 heteroatoms. The summed E-state index contributed by atoms with van der Waals surface area (Å²) >= 11 is 6.18. The summed E-state index contributed by atoms with van der Waals surface area (Å²) < 4.78 is 5.25. The summed E-state index contributed by atoms with van der Waals surface area (Å²) in [6.07, 6.45) is 9.94. The highest BCUT2D eigenvalue weighted by molar-refractivity contribution is 6.19. The van der Waals surface area contributed by atoms with Crippen LogP contribution in [0.2, 0.25) is 0 Å². The number of methoxy groups -OCH3 is 1. The van der Waals surface area contributed by atoms with Crippen LogP contribution >= 0.6 is 11.6 Å². The van der Waals surface area contributed by atoms with Crippen molar-refractivity contribution in [2.24, 2.45) is 23.2 Å². The Morgan fingerprint density at radius 1 is 1.13 bits per heavy atom. The van der Waals surface area contributed by atoms with Crippen LogP contribution in [-0.2, 0) is 4.74 Å². The van der Waals surface area contributed by atoms with Crippen molar-refractivity contribution in [3.8, 4) is 0 Å². The molecule has 0 aromatic carbocycles. The Hall–Kier alpha value is 0.250. The molecule has 15 heavy (non-hydrogen) atoms. The largest absolute Gasteiger partial charge is 0.366 e. The molecule has 0 spiro atoms. The third kappa shape index (κ3) is 1.82. The van der Waals surface area contributed by atoms with E-state index in [4.69, 9.17) is 16.3 Å². The Kier molecular flexibility index (Phi) is 2.52. The number of alkyl halides is 1. The SMILES string of the molecule is COC(Cl)CC12CC3CC(CC(C3)C1)C2. The topological polar surface area (TPSA) is 9.23 Å². The lowest BCUT2D eigenvalue weighted by Gasteiger charge is -2.57. The Balaban J connectivity index is 1.75. The van der Waals surface area contributed by atoms with Gasteiger partial charge in [-0.05, 0) is 68.1 Å². The quantitative estimate of drug-likeness (QED) is 0.668. The van der Waals surface area contributed by atoms with Crippen LogP contribution in [0.25, 0.3) is 0 Å². The zero-order valence-electron chi connectivity index (χ0n) is 9.55. The van der Waals surface area contributed by atoms with Gasteiger partial charge in [-0.15, -0.1) is 0 Å². The highest BCUT2D eigenvalue weighted by Gasteiger charge is 2.51. The Labute approximate surface area is 97.5 Å². The van der Waals surface area contributed by atoms with E-state index in [1.54, 1.807) is 7.11 Å². The van der Waals surface area contributed by atoms with Gasteiger partial charge < -0.3 is 4.74 Å². The summed E-state index contributed by atoms with van der Waals surface area (Å²) in [5.41, 5.74) is 0.512. The molecule has 4 aliphatic rings. The normalized spacial score (nSPS) is 49.6. The molecule has 0 radical (unpaired) electrons. The van der Waals surface area contributed by atoms with E-state index in [1.807, 2.05) is 0 Å². The van der Waals surface area contributed by atoms with Crippen molar-refractivity contribution in [3.63, 3.8) is 0 Å². The average Bonchev–Trinajstić information content (AvgIpc) is 2.14. The number of rotatable bonds is 3. The van der Waals surface area contributed by atoms with Gasteiger partial charge in [0.1, 0.15) is 5.56 Å². The molecule has 1 atom stereocenters. The van der Waals surface area contributed by atoms with Crippen LogP contribution in [0.5, 0.6) is 0 Å². The highest BCUT2D eigenvalue weighted by Crippen LogP contribution is 2.61. The van der Waals surface area contributed by atoms with E-state index in [0.717, 1.165) is 24.2 Å². The van der Waals surface area contributed by atoms with Gasteiger partial charge >= 0.3 is 0 Å². The molecule has 1 unspecified atom stereocenters. The van der Waals surface area contributed by atoms with Gasteiger partial charge in [-0.2, -0.15) is 0 Å². The van der Waals surface area contributed by atoms with E-state index in [1.165, 1.54) is 38.5 Å². The van der Waals surface area contributed by atoms with E-state index in [2.05, 4.69) is 0 Å². The monoisotopic (exact) mass is 228 g/mol. The Morgan fingerprint density at radius 3 is 2.00 bits per heavy atom. The minimum absolute atomic E-state index is 0.0544. The second-order valence-corrected chi connectivity index (χ2v) is 6.75. The summed E-state index contributed by atoms with van der Waals surface area (Å²) in [7, 11) is 1.73. The lowest BCUT2D eigenvalue weighted by molar-refractivity contribution is -0.0708. The molecule has 0 heterocycles. The zero-order valence-corrected chi connectivity index (χ0v) is 10.3. The molecule has 0 N–H and O–H groups in total. The molecule has 0 aromatic rings. The van der Waals surface area contributed by atoms with Crippen LogP contribution in [0.4, 0.5) is 0 Å². The smallest absolute Gasteiger partial charge is 0.131 e. The van der Waals surface area contributed by atoms with Gasteiger partial charge in [0, 0.05) is 7.11 Å². The fraction of sp³-hybridized carbons (Fsp3) is 1.00. The molecular weight excluding hydrogens is 208 g/mol. The van der Waals surface area contributed by atoms with Gasteiger partial charge in [0.25, 0.3) is 0 Å². The molecule has 4 bridgehead atoms. The average molecular weight is 229 g/mol. The molecular formula is C13H21ClO. The van der Waals surface area contributed by atoms with Gasteiger partial charge in [-0.3, -0.25) is 0 Å². The van der Waals surface area contributed by atoms with Gasteiger partial charge in [-0.1, -0.05) is 11.6 Å². The summed E-state index contributed by atoms with van der Waals surface area (Å²) in [5.74, 6) is 3.07. The molecule has 4 rings (SSSR count). The first-order chi connectivity index (χ1) is 7.19. The summed E-state index contributed by atoms with van der Waals surface area (Å²) in [6.45, 7) is 0. The van der Waals surface area contributed by atoms with Crippen molar-refractivity contribution >= 4 is 11.6 Å². The fourth-order valence-corrected chi connectivity index (χ4v) is 5.29. The van der Waals surface area contributed by atoms with Crippen LogP contribution in [0.1, 0.15) is 44.9 Å². The van der Waals surface area contributed by atoms with Crippen molar-refractivity contribution in [2.45, 2.75) is 50.5 Å². The van der Waals surface area contributed by atoms with Crippen molar-refractivity contribution in [1.82, 2.24) is 0 Å². The second-order valence-electron chi connectivity index (χ2n) is 6.27. The molecule has 4 saturated carbocycles. The standard InChI is InChI=1S/C13H21ClO/c1-15-12(14)8-13-5-9-2-10(6-13)4-11(3-9)7-13/h9-12H,2-8H2,1H3. The van der Waals surface area contributed by atoms with E-state index in [0.29, 0.717) is 5.41 Å². The predicted octanol–water partition coefficient (Wildman–Crippen LogP) is 3.80. The van der Waals surface area contributed by atoms with Crippen molar-refractivity contribution in [2.75, 3.05) is 7.11 Å². The van der Waals surface area contributed by atoms with Crippen molar-refractivity contribution < 1.29 is 4.74 Å². The van der Waals surface area contributed by atoms with Crippen LogP contribution in [0, 0.1) is 23.2 Å². The predicted molar refractivity (Wildman–Crippen MR) is 61.9 cm³/mol. The third-order valence-corrected chi connectivity index (χ3v) is 5.35. The molecule has 4 fully saturated rings. The van der Waals surface area contributed by atoms with Gasteiger partial charge in [-0.25, -0.2) is 0 Å². The number of hydrogen-bond donors (Lipinski definition) is 0. The van der Waals surface area contributed by atoms with Gasteiger partial charge in [0.2, 0.25) is 0 Å². The maximum absolute atomic E-state index is 6.18. The molecule has 86 valence electrons. The second kappa shape index (κ2) is 3.63. The molecule has 0 aromatic heterocycles. The van der Waals surface area contributed by atoms with E-state index in [9.17, 15) is 0 Å². The van der Waals surface area contributed by atoms with E-state index >= 15 is 0 Å². The van der Waals surface area contributed by atoms with Crippen molar-refractivity contribution in [1.29, 1.82) is 0 Å². The number of ether oxygens (including phenoxy) is 1. The van der Waals surface area contributed by atoms with Crippen LogP contribution < -0.4 is 0 Å². The van der Waals surface area contributed by atoms with E-state index in [-0.39, 0.29) is 5.56 Å². The number of hydrogen-bond acceptors (Lipinski definition) is 1. The summed E-state index contributed by atoms with van der Waals surface area (Å²) in [4.78, 5) is 0. The molecule has 0 saturated heterocycles. The van der Waals surface area contributed by atoms with E-state index < -0.39 is 0 Å². The lowest BCUT2D eigenvalue weighted by atomic mass is 9.49. The van der Waals surface area contributed by atoms with Crippen LogP contribution in [-0.4, -0.2) is 12.7 Å². The zero-order chi connectivity index (χ0) is 10.5. The van der Waals surface area contributed by atoms with Crippen LogP contribution in [0.3, 0.4) is 0 Å². The highest BCUT2D eigenvalue weighted by atomic mass is 35.5. The summed E-state index contributed by atoms with van der Waals surface area (Å²) in [6, 6.07) is 0. The minimum Gasteiger partial charge on any atom is -0.366 e. The molecule has 4 aliphatic carbocycles. The minimum atomic E-state index is -0.0544. The summed E-state index contributed by atoms with van der Waals surface area (Å²) in [5, 5.41) is 0. The first-order valence-electron chi connectivity index (χ1n) is 6.36. The third-order valence-electron chi connectivity index (χ3n) is 5.01. The molecule has 0 amide bonds. The first-order valence-corrected chi connectivity index (χ1v) is 6.80. The van der Waals surface area contributed by atoms with Crippen LogP contribution in [0.15, 0.2) is 0 Å². The maximum atomic E-state index is 6.18. The lowest BCUT2D eigenvalue weighted by Crippen LogP contribution is -2.47. The van der Waals surface area contributed by atoms with Crippen molar-refractivity contribution in [3.05, 3.63) is 0 Å². The first kappa shape index (κ1) is 10.4.